The van der Waals surface area contributed by atoms with Crippen LogP contribution in [0, 0.1) is 6.92 Å². The topological polar surface area (TPSA) is 48.4 Å². The number of aliphatic hydroxyl groups is 1. The molecule has 0 aliphatic heterocycles. The number of anilines is 1. The third kappa shape index (κ3) is 4.27. The molecule has 1 aromatic rings. The number of aliphatic hydroxyl groups excluding tert-OH is 1. The molecule has 1 heterocycles. The number of nitrogens with zero attached hydrogens (tertiary/aromatic N) is 2. The first-order valence-corrected chi connectivity index (χ1v) is 6.74. The molecule has 4 nitrogen and oxygen atoms in total. The molecule has 0 aliphatic carbocycles. The van der Waals surface area contributed by atoms with E-state index < -0.39 is 0 Å². The van der Waals surface area contributed by atoms with Gasteiger partial charge < -0.3 is 15.3 Å². The van der Waals surface area contributed by atoms with Gasteiger partial charge in [-0.25, -0.2) is 4.98 Å². The van der Waals surface area contributed by atoms with Crippen molar-refractivity contribution in [2.75, 3.05) is 31.1 Å². The predicted molar refractivity (Wildman–Crippen MR) is 75.9 cm³/mol. The molecule has 0 radical (unpaired) electrons. The fourth-order valence-corrected chi connectivity index (χ4v) is 2.00. The molecule has 0 saturated carbocycles. The monoisotopic (exact) mass is 251 g/mol. The van der Waals surface area contributed by atoms with E-state index in [4.69, 9.17) is 5.11 Å². The first-order chi connectivity index (χ1) is 8.72. The van der Waals surface area contributed by atoms with Gasteiger partial charge in [0, 0.05) is 32.4 Å². The van der Waals surface area contributed by atoms with Crippen LogP contribution in [-0.2, 0) is 6.54 Å². The summed E-state index contributed by atoms with van der Waals surface area (Å²) in [6, 6.07) is 2.19. The molecule has 0 atom stereocenters. The largest absolute Gasteiger partial charge is 0.396 e. The lowest BCUT2D eigenvalue weighted by molar-refractivity contribution is 0.289. The Morgan fingerprint density at radius 2 is 2.17 bits per heavy atom. The molecule has 0 bridgehead atoms. The quantitative estimate of drug-likeness (QED) is 0.738. The molecule has 4 heteroatoms. The van der Waals surface area contributed by atoms with E-state index in [9.17, 15) is 0 Å². The van der Waals surface area contributed by atoms with Crippen molar-refractivity contribution in [3.8, 4) is 0 Å². The summed E-state index contributed by atoms with van der Waals surface area (Å²) in [6.45, 7) is 10.2. The molecule has 0 aliphatic rings. The van der Waals surface area contributed by atoms with E-state index in [1.54, 1.807) is 0 Å². The first kappa shape index (κ1) is 14.9. The van der Waals surface area contributed by atoms with Gasteiger partial charge in [-0.05, 0) is 44.0 Å². The van der Waals surface area contributed by atoms with Crippen molar-refractivity contribution in [3.05, 3.63) is 23.4 Å². The molecule has 2 N–H and O–H groups in total. The summed E-state index contributed by atoms with van der Waals surface area (Å²) >= 11 is 0. The summed E-state index contributed by atoms with van der Waals surface area (Å²) in [6.07, 6.45) is 2.72. The van der Waals surface area contributed by atoms with Crippen molar-refractivity contribution in [2.45, 2.75) is 33.7 Å². The molecule has 0 spiro atoms. The first-order valence-electron chi connectivity index (χ1n) is 6.74. The van der Waals surface area contributed by atoms with E-state index in [1.165, 1.54) is 11.1 Å². The average Bonchev–Trinajstić information content (AvgIpc) is 2.39. The molecule has 0 unspecified atom stereocenters. The van der Waals surface area contributed by atoms with Crippen molar-refractivity contribution in [1.82, 2.24) is 10.3 Å². The van der Waals surface area contributed by atoms with Crippen LogP contribution in [-0.4, -0.2) is 36.3 Å². The molecular weight excluding hydrogens is 226 g/mol. The standard InChI is InChI=1S/C14H25N3O/c1-4-15-10-13-9-12(3)14(16-11-13)17(5-2)7-6-8-18/h9,11,15,18H,4-8,10H2,1-3H3. The minimum Gasteiger partial charge on any atom is -0.396 e. The zero-order valence-corrected chi connectivity index (χ0v) is 11.7. The lowest BCUT2D eigenvalue weighted by atomic mass is 10.2. The van der Waals surface area contributed by atoms with Gasteiger partial charge >= 0.3 is 0 Å². The third-order valence-corrected chi connectivity index (χ3v) is 2.95. The maximum atomic E-state index is 8.91. The molecule has 0 fully saturated rings. The summed E-state index contributed by atoms with van der Waals surface area (Å²) in [5.41, 5.74) is 2.42. The summed E-state index contributed by atoms with van der Waals surface area (Å²) < 4.78 is 0. The second kappa shape index (κ2) is 8.06. The van der Waals surface area contributed by atoms with E-state index in [-0.39, 0.29) is 6.61 Å². The van der Waals surface area contributed by atoms with Gasteiger partial charge in [-0.15, -0.1) is 0 Å². The smallest absolute Gasteiger partial charge is 0.131 e. The van der Waals surface area contributed by atoms with Crippen LogP contribution in [0.4, 0.5) is 5.82 Å². The summed E-state index contributed by atoms with van der Waals surface area (Å²) in [4.78, 5) is 6.77. The van der Waals surface area contributed by atoms with Gasteiger partial charge in [0.25, 0.3) is 0 Å². The molecule has 0 saturated heterocycles. The molecule has 0 aromatic carbocycles. The van der Waals surface area contributed by atoms with E-state index >= 15 is 0 Å². The van der Waals surface area contributed by atoms with Crippen LogP contribution in [0.5, 0.6) is 0 Å². The highest BCUT2D eigenvalue weighted by Crippen LogP contribution is 2.18. The van der Waals surface area contributed by atoms with Crippen molar-refractivity contribution in [1.29, 1.82) is 0 Å². The normalized spacial score (nSPS) is 10.7. The van der Waals surface area contributed by atoms with E-state index in [0.717, 1.165) is 38.4 Å². The van der Waals surface area contributed by atoms with Crippen LogP contribution >= 0.6 is 0 Å². The Morgan fingerprint density at radius 3 is 2.72 bits per heavy atom. The number of nitrogens with one attached hydrogen (secondary N) is 1. The average molecular weight is 251 g/mol. The predicted octanol–water partition coefficient (Wildman–Crippen LogP) is 1.71. The van der Waals surface area contributed by atoms with Crippen LogP contribution in [0.1, 0.15) is 31.4 Å². The van der Waals surface area contributed by atoms with Gasteiger partial charge in [0.15, 0.2) is 0 Å². The molecule has 102 valence electrons. The Labute approximate surface area is 110 Å². The van der Waals surface area contributed by atoms with Gasteiger partial charge in [-0.1, -0.05) is 6.92 Å². The third-order valence-electron chi connectivity index (χ3n) is 2.95. The second-order valence-electron chi connectivity index (χ2n) is 4.42. The summed E-state index contributed by atoms with van der Waals surface area (Å²) in [7, 11) is 0. The molecule has 0 amide bonds. The van der Waals surface area contributed by atoms with Crippen molar-refractivity contribution < 1.29 is 5.11 Å². The highest BCUT2D eigenvalue weighted by molar-refractivity contribution is 5.47. The van der Waals surface area contributed by atoms with Gasteiger partial charge in [0.2, 0.25) is 0 Å². The molecular formula is C14H25N3O. The fourth-order valence-electron chi connectivity index (χ4n) is 2.00. The van der Waals surface area contributed by atoms with Crippen molar-refractivity contribution in [3.63, 3.8) is 0 Å². The number of aryl methyl sites for hydroxylation is 1. The number of pyridine rings is 1. The van der Waals surface area contributed by atoms with E-state index in [0.29, 0.717) is 0 Å². The van der Waals surface area contributed by atoms with Gasteiger partial charge in [-0.3, -0.25) is 0 Å². The van der Waals surface area contributed by atoms with E-state index in [1.807, 2.05) is 6.20 Å². The molecule has 1 aromatic heterocycles. The number of aromatic nitrogens is 1. The Kier molecular flexibility index (Phi) is 6.68. The van der Waals surface area contributed by atoms with Crippen molar-refractivity contribution in [2.24, 2.45) is 0 Å². The fraction of sp³-hybridized carbons (Fsp3) is 0.643. The van der Waals surface area contributed by atoms with Crippen LogP contribution in [0.15, 0.2) is 12.3 Å². The Hall–Kier alpha value is -1.13. The number of hydrogen-bond acceptors (Lipinski definition) is 4. The minimum absolute atomic E-state index is 0.230. The SMILES string of the molecule is CCNCc1cnc(N(CC)CCCO)c(C)c1. The molecule has 18 heavy (non-hydrogen) atoms. The van der Waals surface area contributed by atoms with Gasteiger partial charge in [-0.2, -0.15) is 0 Å². The Balaban J connectivity index is 2.75. The highest BCUT2D eigenvalue weighted by Gasteiger charge is 2.09. The molecule has 1 rings (SSSR count). The van der Waals surface area contributed by atoms with Crippen LogP contribution in [0.25, 0.3) is 0 Å². The number of hydrogen-bond donors (Lipinski definition) is 2. The summed E-state index contributed by atoms with van der Waals surface area (Å²) in [5, 5.41) is 12.2. The lowest BCUT2D eigenvalue weighted by Gasteiger charge is -2.23. The second-order valence-corrected chi connectivity index (χ2v) is 4.42. The highest BCUT2D eigenvalue weighted by atomic mass is 16.3. The maximum Gasteiger partial charge on any atom is 0.131 e. The van der Waals surface area contributed by atoms with Crippen molar-refractivity contribution >= 4 is 5.82 Å². The minimum atomic E-state index is 0.230. The van der Waals surface area contributed by atoms with Crippen LogP contribution < -0.4 is 10.2 Å². The Morgan fingerprint density at radius 1 is 1.39 bits per heavy atom. The number of rotatable bonds is 8. The van der Waals surface area contributed by atoms with Gasteiger partial charge in [0.1, 0.15) is 5.82 Å². The summed E-state index contributed by atoms with van der Waals surface area (Å²) in [5.74, 6) is 1.03. The van der Waals surface area contributed by atoms with E-state index in [2.05, 4.69) is 42.0 Å². The zero-order chi connectivity index (χ0) is 13.4. The van der Waals surface area contributed by atoms with Crippen LogP contribution in [0.2, 0.25) is 0 Å². The Bertz CT molecular complexity index is 355. The van der Waals surface area contributed by atoms with Crippen LogP contribution in [0.3, 0.4) is 0 Å². The zero-order valence-electron chi connectivity index (χ0n) is 11.7. The lowest BCUT2D eigenvalue weighted by Crippen LogP contribution is -2.26. The maximum absolute atomic E-state index is 8.91. The van der Waals surface area contributed by atoms with Gasteiger partial charge in [0.05, 0.1) is 0 Å².